The highest BCUT2D eigenvalue weighted by atomic mass is 16.2. The van der Waals surface area contributed by atoms with Crippen LogP contribution in [-0.4, -0.2) is 32.6 Å². The SMILES string of the molecule is CNc1ncnc2ncn(-c3ccc(NC(=O)Nc4ccccc4)cc3)c12. The van der Waals surface area contributed by atoms with Gasteiger partial charge in [0.25, 0.3) is 0 Å². The normalized spacial score (nSPS) is 10.6. The molecule has 0 saturated carbocycles. The van der Waals surface area contributed by atoms with Gasteiger partial charge in [-0.05, 0) is 36.4 Å². The molecule has 0 fully saturated rings. The van der Waals surface area contributed by atoms with Gasteiger partial charge in [-0.2, -0.15) is 0 Å². The first-order chi connectivity index (χ1) is 13.2. The molecule has 2 heterocycles. The molecule has 0 aliphatic carbocycles. The number of anilines is 3. The number of carbonyl (C=O) groups is 1. The molecule has 134 valence electrons. The summed E-state index contributed by atoms with van der Waals surface area (Å²) in [6.07, 6.45) is 3.18. The number of nitrogens with zero attached hydrogens (tertiary/aromatic N) is 4. The van der Waals surface area contributed by atoms with E-state index in [2.05, 4.69) is 30.9 Å². The maximum atomic E-state index is 12.1. The van der Waals surface area contributed by atoms with Gasteiger partial charge in [-0.25, -0.2) is 19.7 Å². The molecule has 4 rings (SSSR count). The summed E-state index contributed by atoms with van der Waals surface area (Å²) in [7, 11) is 1.80. The Labute approximate surface area is 155 Å². The van der Waals surface area contributed by atoms with E-state index in [1.807, 2.05) is 59.2 Å². The average molecular weight is 359 g/mol. The summed E-state index contributed by atoms with van der Waals surface area (Å²) in [4.78, 5) is 24.8. The lowest BCUT2D eigenvalue weighted by Gasteiger charge is -2.10. The van der Waals surface area contributed by atoms with Gasteiger partial charge in [0.1, 0.15) is 18.2 Å². The zero-order valence-electron chi connectivity index (χ0n) is 14.5. The molecule has 0 spiro atoms. The fraction of sp³-hybridized carbons (Fsp3) is 0.0526. The van der Waals surface area contributed by atoms with Crippen LogP contribution in [0.3, 0.4) is 0 Å². The van der Waals surface area contributed by atoms with Gasteiger partial charge in [-0.3, -0.25) is 4.57 Å². The van der Waals surface area contributed by atoms with E-state index in [4.69, 9.17) is 0 Å². The number of imidazole rings is 1. The van der Waals surface area contributed by atoms with E-state index in [1.165, 1.54) is 6.33 Å². The number of aromatic nitrogens is 4. The summed E-state index contributed by atoms with van der Waals surface area (Å²) in [5, 5.41) is 8.64. The number of hydrogen-bond donors (Lipinski definition) is 3. The van der Waals surface area contributed by atoms with E-state index in [9.17, 15) is 4.79 Å². The number of carbonyl (C=O) groups excluding carboxylic acids is 1. The van der Waals surface area contributed by atoms with Crippen molar-refractivity contribution < 1.29 is 4.79 Å². The van der Waals surface area contributed by atoms with Crippen molar-refractivity contribution in [2.24, 2.45) is 0 Å². The number of rotatable bonds is 4. The van der Waals surface area contributed by atoms with Crippen LogP contribution in [0.4, 0.5) is 22.0 Å². The number of para-hydroxylation sites is 1. The highest BCUT2D eigenvalue weighted by molar-refractivity contribution is 5.99. The van der Waals surface area contributed by atoms with Gasteiger partial charge in [-0.1, -0.05) is 18.2 Å². The van der Waals surface area contributed by atoms with E-state index < -0.39 is 0 Å². The Morgan fingerprint density at radius 1 is 0.889 bits per heavy atom. The topological polar surface area (TPSA) is 96.8 Å². The number of fused-ring (bicyclic) bond motifs is 1. The first-order valence-electron chi connectivity index (χ1n) is 8.34. The van der Waals surface area contributed by atoms with Crippen molar-refractivity contribution in [3.8, 4) is 5.69 Å². The molecule has 4 aromatic rings. The number of nitrogens with one attached hydrogen (secondary N) is 3. The van der Waals surface area contributed by atoms with Crippen LogP contribution in [0.15, 0.2) is 67.3 Å². The minimum absolute atomic E-state index is 0.298. The van der Waals surface area contributed by atoms with Gasteiger partial charge in [-0.15, -0.1) is 0 Å². The Hall–Kier alpha value is -3.94. The van der Waals surface area contributed by atoms with Gasteiger partial charge in [0.2, 0.25) is 0 Å². The maximum absolute atomic E-state index is 12.1. The summed E-state index contributed by atoms with van der Waals surface area (Å²) < 4.78 is 1.90. The van der Waals surface area contributed by atoms with Gasteiger partial charge in [0.15, 0.2) is 11.5 Å². The van der Waals surface area contributed by atoms with Crippen molar-refractivity contribution in [2.45, 2.75) is 0 Å². The summed E-state index contributed by atoms with van der Waals surface area (Å²) >= 11 is 0. The molecule has 0 atom stereocenters. The predicted molar refractivity (Wildman–Crippen MR) is 105 cm³/mol. The summed E-state index contributed by atoms with van der Waals surface area (Å²) in [5.74, 6) is 0.696. The third-order valence-corrected chi connectivity index (χ3v) is 4.01. The van der Waals surface area contributed by atoms with Crippen molar-refractivity contribution in [1.82, 2.24) is 19.5 Å². The lowest BCUT2D eigenvalue weighted by Crippen LogP contribution is -2.19. The second kappa shape index (κ2) is 7.12. The van der Waals surface area contributed by atoms with E-state index in [1.54, 1.807) is 13.4 Å². The van der Waals surface area contributed by atoms with Crippen LogP contribution in [0.2, 0.25) is 0 Å². The lowest BCUT2D eigenvalue weighted by atomic mass is 10.2. The highest BCUT2D eigenvalue weighted by Gasteiger charge is 2.11. The van der Waals surface area contributed by atoms with E-state index >= 15 is 0 Å². The first kappa shape index (κ1) is 16.5. The smallest absolute Gasteiger partial charge is 0.323 e. The molecule has 0 bridgehead atoms. The van der Waals surface area contributed by atoms with Crippen LogP contribution < -0.4 is 16.0 Å². The summed E-state index contributed by atoms with van der Waals surface area (Å²) in [5.41, 5.74) is 3.71. The number of amides is 2. The minimum atomic E-state index is -0.298. The molecule has 2 aromatic carbocycles. The van der Waals surface area contributed by atoms with Crippen LogP contribution >= 0.6 is 0 Å². The number of benzene rings is 2. The monoisotopic (exact) mass is 359 g/mol. The molecule has 27 heavy (non-hydrogen) atoms. The minimum Gasteiger partial charge on any atom is -0.371 e. The predicted octanol–water partition coefficient (Wildman–Crippen LogP) is 3.50. The molecule has 0 saturated heterocycles. The van der Waals surface area contributed by atoms with Crippen LogP contribution in [0, 0.1) is 0 Å². The van der Waals surface area contributed by atoms with Crippen molar-refractivity contribution in [2.75, 3.05) is 23.0 Å². The largest absolute Gasteiger partial charge is 0.371 e. The second-order valence-corrected chi connectivity index (χ2v) is 5.75. The third-order valence-electron chi connectivity index (χ3n) is 4.01. The molecule has 0 radical (unpaired) electrons. The van der Waals surface area contributed by atoms with Gasteiger partial charge in [0.05, 0.1) is 0 Å². The number of hydrogen-bond acceptors (Lipinski definition) is 5. The number of urea groups is 1. The Bertz CT molecular complexity index is 1070. The molecule has 8 nitrogen and oxygen atoms in total. The Balaban J connectivity index is 1.54. The molecule has 2 aromatic heterocycles. The molecular formula is C19H17N7O. The van der Waals surface area contributed by atoms with E-state index in [-0.39, 0.29) is 6.03 Å². The van der Waals surface area contributed by atoms with Crippen LogP contribution in [0.1, 0.15) is 0 Å². The van der Waals surface area contributed by atoms with Crippen LogP contribution in [0.5, 0.6) is 0 Å². The third kappa shape index (κ3) is 3.40. The Morgan fingerprint density at radius 2 is 1.59 bits per heavy atom. The van der Waals surface area contributed by atoms with Gasteiger partial charge < -0.3 is 16.0 Å². The second-order valence-electron chi connectivity index (χ2n) is 5.75. The first-order valence-corrected chi connectivity index (χ1v) is 8.34. The Morgan fingerprint density at radius 3 is 2.30 bits per heavy atom. The fourth-order valence-corrected chi connectivity index (χ4v) is 2.75. The fourth-order valence-electron chi connectivity index (χ4n) is 2.75. The average Bonchev–Trinajstić information content (AvgIpc) is 3.13. The van der Waals surface area contributed by atoms with Gasteiger partial charge >= 0.3 is 6.03 Å². The van der Waals surface area contributed by atoms with Gasteiger partial charge in [0, 0.05) is 24.1 Å². The Kier molecular flexibility index (Phi) is 4.36. The quantitative estimate of drug-likeness (QED) is 0.518. The van der Waals surface area contributed by atoms with Crippen LogP contribution in [-0.2, 0) is 0 Å². The summed E-state index contributed by atoms with van der Waals surface area (Å²) in [6.45, 7) is 0. The lowest BCUT2D eigenvalue weighted by molar-refractivity contribution is 0.262. The van der Waals surface area contributed by atoms with Crippen molar-refractivity contribution in [1.29, 1.82) is 0 Å². The molecule has 3 N–H and O–H groups in total. The zero-order chi connectivity index (χ0) is 18.6. The molecule has 0 aliphatic heterocycles. The molecule has 8 heteroatoms. The van der Waals surface area contributed by atoms with Crippen molar-refractivity contribution in [3.63, 3.8) is 0 Å². The summed E-state index contributed by atoms with van der Waals surface area (Å²) in [6, 6.07) is 16.4. The van der Waals surface area contributed by atoms with E-state index in [0.29, 0.717) is 17.2 Å². The van der Waals surface area contributed by atoms with Crippen molar-refractivity contribution >= 4 is 34.4 Å². The molecule has 0 unspecified atom stereocenters. The van der Waals surface area contributed by atoms with Crippen LogP contribution in [0.25, 0.3) is 16.9 Å². The maximum Gasteiger partial charge on any atom is 0.323 e. The van der Waals surface area contributed by atoms with Crippen molar-refractivity contribution in [3.05, 3.63) is 67.3 Å². The standard InChI is InChI=1S/C19H17N7O/c1-20-17-16-18(22-11-21-17)23-12-26(16)15-9-7-14(8-10-15)25-19(27)24-13-5-3-2-4-6-13/h2-12H,1H3,(H,20,21,22)(H2,24,25,27). The molecule has 2 amide bonds. The highest BCUT2D eigenvalue weighted by Crippen LogP contribution is 2.23. The zero-order valence-corrected chi connectivity index (χ0v) is 14.5. The molecule has 0 aliphatic rings. The van der Waals surface area contributed by atoms with E-state index in [0.717, 1.165) is 16.9 Å². The molecular weight excluding hydrogens is 342 g/mol.